The van der Waals surface area contributed by atoms with Gasteiger partial charge in [-0.25, -0.2) is 0 Å². The van der Waals surface area contributed by atoms with Gasteiger partial charge in [-0.05, 0) is 36.5 Å². The molecule has 1 aliphatic rings. The number of nitriles is 1. The van der Waals surface area contributed by atoms with Crippen molar-refractivity contribution >= 4 is 17.6 Å². The summed E-state index contributed by atoms with van der Waals surface area (Å²) in [6.45, 7) is -0.262. The van der Waals surface area contributed by atoms with Crippen molar-refractivity contribution in [1.29, 1.82) is 5.26 Å². The number of hydrogen-bond acceptors (Lipinski definition) is 4. The molecule has 1 N–H and O–H groups in total. The van der Waals surface area contributed by atoms with Crippen molar-refractivity contribution in [3.05, 3.63) is 29.8 Å². The van der Waals surface area contributed by atoms with Gasteiger partial charge in [0, 0.05) is 12.1 Å². The maximum atomic E-state index is 11.8. The number of hydrogen-bond donors (Lipinski definition) is 1. The number of ether oxygens (including phenoxy) is 1. The van der Waals surface area contributed by atoms with Crippen molar-refractivity contribution in [2.24, 2.45) is 5.92 Å². The van der Waals surface area contributed by atoms with E-state index in [2.05, 4.69) is 11.4 Å². The first-order chi connectivity index (χ1) is 12.2. The Morgan fingerprint density at radius 1 is 1.16 bits per heavy atom. The van der Waals surface area contributed by atoms with E-state index in [1.54, 1.807) is 24.3 Å². The van der Waals surface area contributed by atoms with E-state index in [1.807, 2.05) is 0 Å². The van der Waals surface area contributed by atoms with Crippen LogP contribution in [0.2, 0.25) is 0 Å². The fraction of sp³-hybridized carbons (Fsp3) is 0.550. The van der Waals surface area contributed by atoms with Crippen LogP contribution >= 0.6 is 0 Å². The topological polar surface area (TPSA) is 79.2 Å². The first-order valence-electron chi connectivity index (χ1n) is 9.08. The zero-order valence-electron chi connectivity index (χ0n) is 14.6. The number of nitrogens with one attached hydrogen (secondary N) is 1. The van der Waals surface area contributed by atoms with Crippen LogP contribution < -0.4 is 5.32 Å². The van der Waals surface area contributed by atoms with E-state index in [0.29, 0.717) is 18.5 Å². The molecule has 5 heteroatoms. The van der Waals surface area contributed by atoms with E-state index in [1.165, 1.54) is 32.1 Å². The second kappa shape index (κ2) is 10.5. The Morgan fingerprint density at radius 3 is 2.56 bits per heavy atom. The number of nitrogens with zero attached hydrogens (tertiary/aromatic N) is 1. The number of esters is 1. The zero-order chi connectivity index (χ0) is 17.9. The van der Waals surface area contributed by atoms with Gasteiger partial charge in [0.2, 0.25) is 0 Å². The summed E-state index contributed by atoms with van der Waals surface area (Å²) < 4.78 is 5.03. The minimum absolute atomic E-state index is 0.262. The zero-order valence-corrected chi connectivity index (χ0v) is 14.6. The van der Waals surface area contributed by atoms with E-state index in [4.69, 9.17) is 10.00 Å². The van der Waals surface area contributed by atoms with Gasteiger partial charge >= 0.3 is 5.97 Å². The lowest BCUT2D eigenvalue weighted by atomic mass is 9.86. The summed E-state index contributed by atoms with van der Waals surface area (Å²) in [4.78, 5) is 23.5. The van der Waals surface area contributed by atoms with Gasteiger partial charge in [-0.15, -0.1) is 0 Å². The fourth-order valence-corrected chi connectivity index (χ4v) is 3.22. The average Bonchev–Trinajstić information content (AvgIpc) is 2.63. The second-order valence-corrected chi connectivity index (χ2v) is 6.64. The van der Waals surface area contributed by atoms with Crippen LogP contribution in [0, 0.1) is 17.2 Å². The van der Waals surface area contributed by atoms with Gasteiger partial charge in [0.15, 0.2) is 6.61 Å². The van der Waals surface area contributed by atoms with Gasteiger partial charge in [0.25, 0.3) is 5.91 Å². The SMILES string of the molecule is N#CCc1ccc(NC(=O)COC(=O)CCCC2CCCCC2)cc1. The lowest BCUT2D eigenvalue weighted by Crippen LogP contribution is -2.20. The number of anilines is 1. The van der Waals surface area contributed by atoms with Crippen LogP contribution in [0.3, 0.4) is 0 Å². The Balaban J connectivity index is 1.60. The third-order valence-corrected chi connectivity index (χ3v) is 4.60. The summed E-state index contributed by atoms with van der Waals surface area (Å²) in [5.41, 5.74) is 1.52. The van der Waals surface area contributed by atoms with Gasteiger partial charge in [-0.1, -0.05) is 44.2 Å². The van der Waals surface area contributed by atoms with Gasteiger partial charge in [0.05, 0.1) is 12.5 Å². The van der Waals surface area contributed by atoms with Crippen LogP contribution in [0.5, 0.6) is 0 Å². The molecule has 1 fully saturated rings. The molecule has 25 heavy (non-hydrogen) atoms. The molecule has 0 aliphatic heterocycles. The third kappa shape index (κ3) is 7.38. The van der Waals surface area contributed by atoms with E-state index in [0.717, 1.165) is 24.3 Å². The Morgan fingerprint density at radius 2 is 1.88 bits per heavy atom. The Kier molecular flexibility index (Phi) is 7.97. The number of benzene rings is 1. The molecule has 0 saturated heterocycles. The molecular formula is C20H26N2O3. The van der Waals surface area contributed by atoms with Crippen LogP contribution in [0.4, 0.5) is 5.69 Å². The molecule has 0 unspecified atom stereocenters. The monoisotopic (exact) mass is 342 g/mol. The van der Waals surface area contributed by atoms with Crippen molar-refractivity contribution in [1.82, 2.24) is 0 Å². The number of carbonyl (C=O) groups is 2. The fourth-order valence-electron chi connectivity index (χ4n) is 3.22. The quantitative estimate of drug-likeness (QED) is 0.725. The number of rotatable bonds is 8. The predicted octanol–water partition coefficient (Wildman–Crippen LogP) is 3.98. The summed E-state index contributed by atoms with van der Waals surface area (Å²) in [5.74, 6) is 0.0952. The van der Waals surface area contributed by atoms with E-state index in [-0.39, 0.29) is 18.5 Å². The maximum absolute atomic E-state index is 11.8. The molecule has 0 spiro atoms. The highest BCUT2D eigenvalue weighted by molar-refractivity contribution is 5.92. The molecule has 0 aromatic heterocycles. The number of amides is 1. The minimum Gasteiger partial charge on any atom is -0.456 e. The van der Waals surface area contributed by atoms with Crippen molar-refractivity contribution in [2.75, 3.05) is 11.9 Å². The average molecular weight is 342 g/mol. The lowest BCUT2D eigenvalue weighted by molar-refractivity contribution is -0.147. The number of carbonyl (C=O) groups excluding carboxylic acids is 2. The molecular weight excluding hydrogens is 316 g/mol. The lowest BCUT2D eigenvalue weighted by Gasteiger charge is -2.20. The summed E-state index contributed by atoms with van der Waals surface area (Å²) >= 11 is 0. The molecule has 2 rings (SSSR count). The molecule has 1 saturated carbocycles. The van der Waals surface area contributed by atoms with Crippen LogP contribution in [-0.4, -0.2) is 18.5 Å². The van der Waals surface area contributed by atoms with Gasteiger partial charge in [-0.2, -0.15) is 5.26 Å². The molecule has 134 valence electrons. The van der Waals surface area contributed by atoms with Crippen molar-refractivity contribution in [2.45, 2.75) is 57.8 Å². The maximum Gasteiger partial charge on any atom is 0.306 e. The summed E-state index contributed by atoms with van der Waals surface area (Å²) in [7, 11) is 0. The molecule has 1 aliphatic carbocycles. The van der Waals surface area contributed by atoms with Gasteiger partial charge < -0.3 is 10.1 Å². The van der Waals surface area contributed by atoms with Crippen LogP contribution in [0.1, 0.15) is 56.9 Å². The minimum atomic E-state index is -0.353. The van der Waals surface area contributed by atoms with Crippen molar-refractivity contribution in [3.63, 3.8) is 0 Å². The highest BCUT2D eigenvalue weighted by atomic mass is 16.5. The Bertz CT molecular complexity index is 598. The predicted molar refractivity (Wildman–Crippen MR) is 95.8 cm³/mol. The van der Waals surface area contributed by atoms with E-state index < -0.39 is 0 Å². The van der Waals surface area contributed by atoms with Crippen LogP contribution in [0.15, 0.2) is 24.3 Å². The summed E-state index contributed by atoms with van der Waals surface area (Å²) in [6.07, 6.45) is 9.17. The summed E-state index contributed by atoms with van der Waals surface area (Å²) in [5, 5.41) is 11.3. The first kappa shape index (κ1) is 19.0. The largest absolute Gasteiger partial charge is 0.456 e. The van der Waals surface area contributed by atoms with Gasteiger partial charge in [-0.3, -0.25) is 9.59 Å². The molecule has 1 aromatic carbocycles. The second-order valence-electron chi connectivity index (χ2n) is 6.64. The molecule has 0 radical (unpaired) electrons. The first-order valence-corrected chi connectivity index (χ1v) is 9.08. The van der Waals surface area contributed by atoms with Crippen molar-refractivity contribution < 1.29 is 14.3 Å². The standard InChI is InChI=1S/C20H26N2O3/c21-14-13-17-9-11-18(12-10-17)22-19(23)15-25-20(24)8-4-7-16-5-2-1-3-6-16/h9-12,16H,1-8,13,15H2,(H,22,23). The third-order valence-electron chi connectivity index (χ3n) is 4.60. The van der Waals surface area contributed by atoms with E-state index in [9.17, 15) is 9.59 Å². The molecule has 1 amide bonds. The Hall–Kier alpha value is -2.35. The molecule has 0 atom stereocenters. The molecule has 5 nitrogen and oxygen atoms in total. The smallest absolute Gasteiger partial charge is 0.306 e. The van der Waals surface area contributed by atoms with E-state index >= 15 is 0 Å². The molecule has 0 bridgehead atoms. The van der Waals surface area contributed by atoms with Crippen LogP contribution in [-0.2, 0) is 20.7 Å². The highest BCUT2D eigenvalue weighted by Crippen LogP contribution is 2.27. The molecule has 0 heterocycles. The molecule has 1 aromatic rings. The van der Waals surface area contributed by atoms with Gasteiger partial charge in [0.1, 0.15) is 0 Å². The Labute approximate surface area is 149 Å². The van der Waals surface area contributed by atoms with Crippen molar-refractivity contribution in [3.8, 4) is 6.07 Å². The normalized spacial score (nSPS) is 14.5. The summed E-state index contributed by atoms with van der Waals surface area (Å²) in [6, 6.07) is 9.11. The van der Waals surface area contributed by atoms with Crippen LogP contribution in [0.25, 0.3) is 0 Å². The highest BCUT2D eigenvalue weighted by Gasteiger charge is 2.14.